The molecule has 19 nitrogen and oxygen atoms in total. The van der Waals surface area contributed by atoms with Crippen LogP contribution in [-0.4, -0.2) is 198 Å². The summed E-state index contributed by atoms with van der Waals surface area (Å²) >= 11 is 0. The first-order valence-corrected chi connectivity index (χ1v) is 23.6. The highest BCUT2D eigenvalue weighted by Crippen LogP contribution is 2.70. The summed E-state index contributed by atoms with van der Waals surface area (Å²) in [6, 6.07) is 0. The van der Waals surface area contributed by atoms with Crippen molar-refractivity contribution < 1.29 is 94.4 Å². The van der Waals surface area contributed by atoms with Gasteiger partial charge in [0, 0.05) is 12.3 Å². The zero-order chi connectivity index (χ0) is 46.2. The van der Waals surface area contributed by atoms with E-state index in [4.69, 9.17) is 33.2 Å². The van der Waals surface area contributed by atoms with Crippen molar-refractivity contribution in [3.8, 4) is 0 Å². The first-order valence-electron chi connectivity index (χ1n) is 23.6. The summed E-state index contributed by atoms with van der Waals surface area (Å²) in [7, 11) is 0. The van der Waals surface area contributed by atoms with Crippen LogP contribution < -0.4 is 0 Å². The third kappa shape index (κ3) is 8.63. The number of rotatable bonds is 13. The SMILES string of the molecule is CC1=C(CC[C@@H](C)CO[C@@H]2O[C@H](CO)[C@@H](O)[C@H](O)[C@H]2O)O[C@H]2C[C@H]3[C@@H]4CC[C@@H]5C[C@@H](O[C@@H]6O[C@H](CO)[C@H](O)[C@H](O)[C@H]6O[C@@H]6O[C@H](CO)[C@@H](O)[C@H](O)[C@H]6O)[C@H](O)C[C@]5(C)[C@H]4CC[C@]3(C)[C@@H]12. The van der Waals surface area contributed by atoms with Gasteiger partial charge in [0.25, 0.3) is 0 Å². The van der Waals surface area contributed by atoms with E-state index in [2.05, 4.69) is 20.8 Å². The number of aliphatic hydroxyl groups excluding tert-OH is 12. The Labute approximate surface area is 373 Å². The van der Waals surface area contributed by atoms with Gasteiger partial charge in [-0.05, 0) is 104 Å². The summed E-state index contributed by atoms with van der Waals surface area (Å²) in [5.41, 5.74) is 1.18. The van der Waals surface area contributed by atoms with Crippen LogP contribution in [0.15, 0.2) is 11.3 Å². The molecular formula is C45H74O19. The Morgan fingerprint density at radius 2 is 1.25 bits per heavy atom. The lowest BCUT2D eigenvalue weighted by Crippen LogP contribution is -2.65. The average Bonchev–Trinajstić information content (AvgIpc) is 3.76. The summed E-state index contributed by atoms with van der Waals surface area (Å²) in [5, 5.41) is 125. The number of ether oxygens (including phenoxy) is 7. The lowest BCUT2D eigenvalue weighted by Gasteiger charge is -2.61. The van der Waals surface area contributed by atoms with Gasteiger partial charge in [0.05, 0.1) is 44.4 Å². The predicted octanol–water partition coefficient (Wildman–Crippen LogP) is -1.86. The molecule has 0 spiro atoms. The quantitative estimate of drug-likeness (QED) is 0.0902. The van der Waals surface area contributed by atoms with Gasteiger partial charge in [0.2, 0.25) is 0 Å². The normalized spacial score (nSPS) is 53.2. The molecule has 8 aliphatic rings. The molecule has 0 amide bonds. The maximum Gasteiger partial charge on any atom is 0.187 e. The Morgan fingerprint density at radius 1 is 0.656 bits per heavy atom. The third-order valence-electron chi connectivity index (χ3n) is 17.4. The summed E-state index contributed by atoms with van der Waals surface area (Å²) in [6.07, 6.45) is -16.4. The molecule has 0 aromatic carbocycles. The molecule has 4 aliphatic carbocycles. The minimum absolute atomic E-state index is 0.0561. The van der Waals surface area contributed by atoms with Gasteiger partial charge in [-0.3, -0.25) is 0 Å². The number of aliphatic hydroxyl groups is 12. The molecule has 7 fully saturated rings. The van der Waals surface area contributed by atoms with Crippen molar-refractivity contribution in [1.82, 2.24) is 0 Å². The molecule has 0 bridgehead atoms. The van der Waals surface area contributed by atoms with E-state index in [1.807, 2.05) is 6.92 Å². The Hall–Kier alpha value is -1.18. The monoisotopic (exact) mass is 918 g/mol. The van der Waals surface area contributed by atoms with Crippen LogP contribution >= 0.6 is 0 Å². The molecule has 26 atom stereocenters. The van der Waals surface area contributed by atoms with E-state index in [-0.39, 0.29) is 35.4 Å². The van der Waals surface area contributed by atoms with Crippen LogP contribution in [0.5, 0.6) is 0 Å². The van der Waals surface area contributed by atoms with Gasteiger partial charge < -0.3 is 94.4 Å². The molecular weight excluding hydrogens is 844 g/mol. The van der Waals surface area contributed by atoms with Gasteiger partial charge in [-0.1, -0.05) is 20.8 Å². The van der Waals surface area contributed by atoms with Crippen molar-refractivity contribution in [3.05, 3.63) is 11.3 Å². The largest absolute Gasteiger partial charge is 0.494 e. The van der Waals surface area contributed by atoms with E-state index in [1.165, 1.54) is 5.57 Å². The van der Waals surface area contributed by atoms with Gasteiger partial charge in [-0.2, -0.15) is 0 Å². The first kappa shape index (κ1) is 49.2. The van der Waals surface area contributed by atoms with Gasteiger partial charge >= 0.3 is 0 Å². The van der Waals surface area contributed by atoms with Crippen molar-refractivity contribution in [2.45, 2.75) is 196 Å². The maximum absolute atomic E-state index is 11.9. The molecule has 4 saturated carbocycles. The average molecular weight is 919 g/mol. The first-order chi connectivity index (χ1) is 30.4. The summed E-state index contributed by atoms with van der Waals surface area (Å²) in [4.78, 5) is 0. The maximum atomic E-state index is 11.9. The summed E-state index contributed by atoms with van der Waals surface area (Å²) in [6.45, 7) is 7.37. The summed E-state index contributed by atoms with van der Waals surface area (Å²) in [5.74, 6) is 2.88. The molecule has 0 aromatic heterocycles. The van der Waals surface area contributed by atoms with Crippen molar-refractivity contribution >= 4 is 0 Å². The molecule has 3 saturated heterocycles. The van der Waals surface area contributed by atoms with E-state index >= 15 is 0 Å². The van der Waals surface area contributed by atoms with E-state index in [0.717, 1.165) is 50.7 Å². The van der Waals surface area contributed by atoms with Crippen LogP contribution in [0.2, 0.25) is 0 Å². The highest BCUT2D eigenvalue weighted by Gasteiger charge is 2.65. The highest BCUT2D eigenvalue weighted by atomic mass is 16.8. The highest BCUT2D eigenvalue weighted by molar-refractivity contribution is 5.27. The number of hydrogen-bond acceptors (Lipinski definition) is 19. The third-order valence-corrected chi connectivity index (χ3v) is 17.4. The van der Waals surface area contributed by atoms with Crippen molar-refractivity contribution in [2.75, 3.05) is 26.4 Å². The van der Waals surface area contributed by atoms with E-state index in [9.17, 15) is 61.3 Å². The second kappa shape index (κ2) is 19.3. The molecule has 4 aliphatic heterocycles. The van der Waals surface area contributed by atoms with Gasteiger partial charge in [0.1, 0.15) is 79.4 Å². The predicted molar refractivity (Wildman–Crippen MR) is 219 cm³/mol. The molecule has 19 heteroatoms. The van der Waals surface area contributed by atoms with Crippen LogP contribution in [0.1, 0.15) is 85.5 Å². The van der Waals surface area contributed by atoms with Crippen molar-refractivity contribution in [1.29, 1.82) is 0 Å². The second-order valence-electron chi connectivity index (χ2n) is 21.0. The van der Waals surface area contributed by atoms with Crippen LogP contribution in [0.4, 0.5) is 0 Å². The summed E-state index contributed by atoms with van der Waals surface area (Å²) < 4.78 is 41.9. The molecule has 4 heterocycles. The Kier molecular flexibility index (Phi) is 14.9. The Morgan fingerprint density at radius 3 is 1.89 bits per heavy atom. The minimum atomic E-state index is -1.79. The smallest absolute Gasteiger partial charge is 0.187 e. The lowest BCUT2D eigenvalue weighted by atomic mass is 9.44. The molecule has 12 N–H and O–H groups in total. The van der Waals surface area contributed by atoms with Gasteiger partial charge in [0.15, 0.2) is 18.9 Å². The van der Waals surface area contributed by atoms with Crippen molar-refractivity contribution in [2.24, 2.45) is 46.3 Å². The molecule has 0 aromatic rings. The lowest BCUT2D eigenvalue weighted by molar-refractivity contribution is -0.376. The molecule has 368 valence electrons. The zero-order valence-corrected chi connectivity index (χ0v) is 37.3. The molecule has 0 unspecified atom stereocenters. The minimum Gasteiger partial charge on any atom is -0.494 e. The van der Waals surface area contributed by atoms with Crippen LogP contribution in [0.25, 0.3) is 0 Å². The molecule has 64 heavy (non-hydrogen) atoms. The van der Waals surface area contributed by atoms with Crippen molar-refractivity contribution in [3.63, 3.8) is 0 Å². The zero-order valence-electron chi connectivity index (χ0n) is 37.3. The number of hydrogen-bond donors (Lipinski definition) is 12. The standard InChI is InChI=1S/C45H74O19/c1-18(17-58-41-38(56)35(53)32(50)28(14-46)61-41)5-8-25-19(2)31-27(59-25)12-23-21-7-6-20-11-26(24(49)13-45(20,4)22(21)9-10-44(23,31)3)60-43-40(37(55)34(52)30(16-48)63-43)64-42-39(57)36(54)33(51)29(15-47)62-42/h18,20-24,26-43,46-57H,5-17H2,1-4H3/t18-,20-,21-,22+,23+,24-,26-,27+,28-,29-,30-,31+,32-,33-,34+,35+,36+,37+,38-,39-,40-,41-,42+,43-,44+,45+/m1/s1. The van der Waals surface area contributed by atoms with Gasteiger partial charge in [-0.15, -0.1) is 0 Å². The van der Waals surface area contributed by atoms with Crippen LogP contribution in [0.3, 0.4) is 0 Å². The number of fused-ring (bicyclic) bond motifs is 7. The second-order valence-corrected chi connectivity index (χ2v) is 21.0. The fourth-order valence-corrected chi connectivity index (χ4v) is 13.7. The van der Waals surface area contributed by atoms with Gasteiger partial charge in [-0.25, -0.2) is 0 Å². The van der Waals surface area contributed by atoms with Crippen LogP contribution in [-0.2, 0) is 33.2 Å². The van der Waals surface area contributed by atoms with E-state index in [1.54, 1.807) is 0 Å². The number of allylic oxidation sites excluding steroid dienone is 1. The Balaban J connectivity index is 0.888. The van der Waals surface area contributed by atoms with Crippen LogP contribution in [0, 0.1) is 46.3 Å². The van der Waals surface area contributed by atoms with E-state index in [0.29, 0.717) is 36.5 Å². The molecule has 0 radical (unpaired) electrons. The van der Waals surface area contributed by atoms with E-state index < -0.39 is 124 Å². The molecule has 8 rings (SSSR count). The Bertz CT molecular complexity index is 1620. The topological polar surface area (TPSA) is 307 Å². The fraction of sp³-hybridized carbons (Fsp3) is 0.956. The fourth-order valence-electron chi connectivity index (χ4n) is 13.7.